The van der Waals surface area contributed by atoms with Crippen molar-refractivity contribution in [2.45, 2.75) is 26.4 Å². The average Bonchev–Trinajstić information content (AvgIpc) is 2.10. The number of benzene rings is 1. The molecule has 14 heavy (non-hydrogen) atoms. The van der Waals surface area contributed by atoms with Gasteiger partial charge >= 0.3 is 0 Å². The monoisotopic (exact) mass is 201 g/mol. The minimum Gasteiger partial charge on any atom is -0.485 e. The lowest BCUT2D eigenvalue weighted by Gasteiger charge is -2.14. The molecule has 1 unspecified atom stereocenters. The summed E-state index contributed by atoms with van der Waals surface area (Å²) in [6, 6.07) is 2.08. The van der Waals surface area contributed by atoms with Crippen LogP contribution >= 0.6 is 0 Å². The third kappa shape index (κ3) is 2.34. The average molecular weight is 201 g/mol. The maximum atomic E-state index is 13.2. The quantitative estimate of drug-likeness (QED) is 0.763. The fourth-order valence-electron chi connectivity index (χ4n) is 0.977. The summed E-state index contributed by atoms with van der Waals surface area (Å²) in [6.07, 6.45) is 0.464. The summed E-state index contributed by atoms with van der Waals surface area (Å²) in [7, 11) is 0. The van der Waals surface area contributed by atoms with Gasteiger partial charge < -0.3 is 10.5 Å². The standard InChI is InChI=1S/C10H13F2NO/c1-3-6(2)14-10-8(11)4-7(13)5-9(10)12/h4-6H,3,13H2,1-2H3. The van der Waals surface area contributed by atoms with Crippen molar-refractivity contribution in [3.8, 4) is 5.75 Å². The first-order chi connectivity index (χ1) is 6.54. The first kappa shape index (κ1) is 10.8. The van der Waals surface area contributed by atoms with E-state index in [1.54, 1.807) is 6.92 Å². The molecule has 2 N–H and O–H groups in total. The summed E-state index contributed by atoms with van der Waals surface area (Å²) < 4.78 is 31.4. The van der Waals surface area contributed by atoms with Crippen molar-refractivity contribution in [1.82, 2.24) is 0 Å². The van der Waals surface area contributed by atoms with Crippen LogP contribution in [-0.2, 0) is 0 Å². The molecule has 78 valence electrons. The largest absolute Gasteiger partial charge is 0.485 e. The lowest BCUT2D eigenvalue weighted by molar-refractivity contribution is 0.198. The molecule has 0 amide bonds. The van der Waals surface area contributed by atoms with E-state index in [9.17, 15) is 8.78 Å². The maximum absolute atomic E-state index is 13.2. The number of ether oxygens (including phenoxy) is 1. The molecule has 0 aliphatic carbocycles. The molecular weight excluding hydrogens is 188 g/mol. The second-order valence-corrected chi connectivity index (χ2v) is 3.15. The normalized spacial score (nSPS) is 12.6. The molecule has 1 atom stereocenters. The van der Waals surface area contributed by atoms with Crippen LogP contribution in [0, 0.1) is 11.6 Å². The second kappa shape index (κ2) is 4.26. The van der Waals surface area contributed by atoms with Crippen LogP contribution in [0.1, 0.15) is 20.3 Å². The number of hydrogen-bond acceptors (Lipinski definition) is 2. The molecule has 1 rings (SSSR count). The molecule has 0 aliphatic heterocycles. The van der Waals surface area contributed by atoms with Gasteiger partial charge in [-0.05, 0) is 13.3 Å². The van der Waals surface area contributed by atoms with Gasteiger partial charge in [-0.25, -0.2) is 8.78 Å². The molecule has 0 saturated heterocycles. The van der Waals surface area contributed by atoms with Crippen LogP contribution in [0.4, 0.5) is 14.5 Å². The maximum Gasteiger partial charge on any atom is 0.191 e. The van der Waals surface area contributed by atoms with Crippen LogP contribution < -0.4 is 10.5 Å². The molecule has 0 heterocycles. The van der Waals surface area contributed by atoms with Crippen molar-refractivity contribution in [3.05, 3.63) is 23.8 Å². The van der Waals surface area contributed by atoms with Gasteiger partial charge in [-0.15, -0.1) is 0 Å². The molecule has 2 nitrogen and oxygen atoms in total. The Morgan fingerprint density at radius 1 is 1.36 bits per heavy atom. The van der Waals surface area contributed by atoms with Gasteiger partial charge in [-0.1, -0.05) is 6.92 Å². The Bertz CT molecular complexity index is 305. The van der Waals surface area contributed by atoms with Crippen LogP contribution in [0.2, 0.25) is 0 Å². The molecule has 0 saturated carbocycles. The summed E-state index contributed by atoms with van der Waals surface area (Å²) >= 11 is 0. The molecule has 0 spiro atoms. The molecule has 0 radical (unpaired) electrons. The van der Waals surface area contributed by atoms with Crippen LogP contribution in [0.25, 0.3) is 0 Å². The van der Waals surface area contributed by atoms with E-state index in [1.807, 2.05) is 6.92 Å². The zero-order chi connectivity index (χ0) is 10.7. The summed E-state index contributed by atoms with van der Waals surface area (Å²) in [5.74, 6) is -1.88. The molecule has 4 heteroatoms. The Kier molecular flexibility index (Phi) is 3.28. The Hall–Kier alpha value is -1.32. The molecule has 0 fully saturated rings. The van der Waals surface area contributed by atoms with Gasteiger partial charge in [-0.2, -0.15) is 0 Å². The SMILES string of the molecule is CCC(C)Oc1c(F)cc(N)cc1F. The van der Waals surface area contributed by atoms with Crippen LogP contribution in [0.5, 0.6) is 5.75 Å². The van der Waals surface area contributed by atoms with E-state index in [4.69, 9.17) is 10.5 Å². The molecular formula is C10H13F2NO. The van der Waals surface area contributed by atoms with Gasteiger partial charge in [0.25, 0.3) is 0 Å². The molecule has 1 aromatic rings. The minimum absolute atomic E-state index is 0.0523. The fourth-order valence-corrected chi connectivity index (χ4v) is 0.977. The lowest BCUT2D eigenvalue weighted by atomic mass is 10.2. The zero-order valence-electron chi connectivity index (χ0n) is 8.18. The van der Waals surface area contributed by atoms with E-state index in [0.717, 1.165) is 12.1 Å². The molecule has 0 aliphatic rings. The van der Waals surface area contributed by atoms with E-state index in [2.05, 4.69) is 0 Å². The van der Waals surface area contributed by atoms with Crippen molar-refractivity contribution in [1.29, 1.82) is 0 Å². The van der Waals surface area contributed by atoms with Crippen molar-refractivity contribution >= 4 is 5.69 Å². The van der Waals surface area contributed by atoms with Crippen molar-refractivity contribution < 1.29 is 13.5 Å². The number of nitrogen functional groups attached to an aromatic ring is 1. The predicted molar refractivity (Wildman–Crippen MR) is 51.2 cm³/mol. The van der Waals surface area contributed by atoms with Gasteiger partial charge in [0.2, 0.25) is 0 Å². The van der Waals surface area contributed by atoms with E-state index in [0.29, 0.717) is 6.42 Å². The summed E-state index contributed by atoms with van der Waals surface area (Å²) in [5, 5.41) is 0. The number of anilines is 1. The number of rotatable bonds is 3. The highest BCUT2D eigenvalue weighted by molar-refractivity contribution is 5.44. The first-order valence-electron chi connectivity index (χ1n) is 4.45. The number of nitrogens with two attached hydrogens (primary N) is 1. The highest BCUT2D eigenvalue weighted by Gasteiger charge is 2.13. The van der Waals surface area contributed by atoms with Gasteiger partial charge in [0, 0.05) is 17.8 Å². The van der Waals surface area contributed by atoms with Gasteiger partial charge in [0.1, 0.15) is 0 Å². The van der Waals surface area contributed by atoms with E-state index in [-0.39, 0.29) is 17.5 Å². The summed E-state index contributed by atoms with van der Waals surface area (Å²) in [5.41, 5.74) is 5.31. The Labute approximate surface area is 81.7 Å². The summed E-state index contributed by atoms with van der Waals surface area (Å²) in [6.45, 7) is 3.62. The van der Waals surface area contributed by atoms with E-state index < -0.39 is 11.6 Å². The lowest BCUT2D eigenvalue weighted by Crippen LogP contribution is -2.12. The third-order valence-corrected chi connectivity index (χ3v) is 1.91. The Morgan fingerprint density at radius 2 is 1.86 bits per heavy atom. The van der Waals surface area contributed by atoms with Crippen LogP contribution in [0.3, 0.4) is 0 Å². The molecule has 1 aromatic carbocycles. The molecule has 0 aromatic heterocycles. The predicted octanol–water partition coefficient (Wildman–Crippen LogP) is 2.72. The van der Waals surface area contributed by atoms with Gasteiger partial charge in [0.15, 0.2) is 17.4 Å². The first-order valence-corrected chi connectivity index (χ1v) is 4.45. The van der Waals surface area contributed by atoms with Crippen LogP contribution in [-0.4, -0.2) is 6.10 Å². The number of hydrogen-bond donors (Lipinski definition) is 1. The smallest absolute Gasteiger partial charge is 0.191 e. The molecule has 0 bridgehead atoms. The zero-order valence-corrected chi connectivity index (χ0v) is 8.18. The van der Waals surface area contributed by atoms with Crippen LogP contribution in [0.15, 0.2) is 12.1 Å². The van der Waals surface area contributed by atoms with E-state index >= 15 is 0 Å². The summed E-state index contributed by atoms with van der Waals surface area (Å²) in [4.78, 5) is 0. The van der Waals surface area contributed by atoms with Gasteiger partial charge in [-0.3, -0.25) is 0 Å². The highest BCUT2D eigenvalue weighted by Crippen LogP contribution is 2.25. The van der Waals surface area contributed by atoms with Crippen molar-refractivity contribution in [3.63, 3.8) is 0 Å². The topological polar surface area (TPSA) is 35.2 Å². The third-order valence-electron chi connectivity index (χ3n) is 1.91. The van der Waals surface area contributed by atoms with Crippen molar-refractivity contribution in [2.75, 3.05) is 5.73 Å². The van der Waals surface area contributed by atoms with Gasteiger partial charge in [0.05, 0.1) is 6.10 Å². The Morgan fingerprint density at radius 3 is 2.29 bits per heavy atom. The Balaban J connectivity index is 2.96. The second-order valence-electron chi connectivity index (χ2n) is 3.15. The fraction of sp³-hybridized carbons (Fsp3) is 0.400. The number of halogens is 2. The highest BCUT2D eigenvalue weighted by atomic mass is 19.1. The van der Waals surface area contributed by atoms with Crippen molar-refractivity contribution in [2.24, 2.45) is 0 Å². The minimum atomic E-state index is -0.761. The van der Waals surface area contributed by atoms with E-state index in [1.165, 1.54) is 0 Å².